The number of sulfonamides is 1. The van der Waals surface area contributed by atoms with Crippen LogP contribution < -0.4 is 0 Å². The Bertz CT molecular complexity index is 732. The van der Waals surface area contributed by atoms with Crippen LogP contribution in [0.4, 0.5) is 0 Å². The first kappa shape index (κ1) is 14.4. The Morgan fingerprint density at radius 3 is 2.48 bits per heavy atom. The van der Waals surface area contributed by atoms with Gasteiger partial charge in [0.25, 0.3) is 0 Å². The Hall–Kier alpha value is -1.59. The molecule has 0 spiro atoms. The zero-order valence-electron chi connectivity index (χ0n) is 12.4. The molecule has 0 unspecified atom stereocenters. The van der Waals surface area contributed by atoms with Gasteiger partial charge in [-0.15, -0.1) is 0 Å². The smallest absolute Gasteiger partial charge is 0.243 e. The van der Waals surface area contributed by atoms with Crippen molar-refractivity contribution in [3.8, 4) is 0 Å². The van der Waals surface area contributed by atoms with Crippen molar-refractivity contribution in [3.63, 3.8) is 0 Å². The maximum Gasteiger partial charge on any atom is 0.243 e. The molecule has 1 aromatic heterocycles. The van der Waals surface area contributed by atoms with E-state index in [1.165, 1.54) is 0 Å². The topological polar surface area (TPSA) is 42.3 Å². The van der Waals surface area contributed by atoms with Gasteiger partial charge in [0, 0.05) is 25.5 Å². The molecule has 5 heteroatoms. The first-order chi connectivity index (χ1) is 10.00. The van der Waals surface area contributed by atoms with Crippen molar-refractivity contribution in [2.75, 3.05) is 6.54 Å². The molecule has 0 bridgehead atoms. The molecular formula is C16H20N2O2S. The van der Waals surface area contributed by atoms with E-state index in [1.54, 1.807) is 16.4 Å². The third-order valence-electron chi connectivity index (χ3n) is 4.16. The number of hydrogen-bond donors (Lipinski definition) is 0. The molecule has 112 valence electrons. The summed E-state index contributed by atoms with van der Waals surface area (Å²) in [6.45, 7) is 2.55. The van der Waals surface area contributed by atoms with Gasteiger partial charge >= 0.3 is 0 Å². The van der Waals surface area contributed by atoms with Crippen LogP contribution in [-0.2, 0) is 17.1 Å². The third-order valence-corrected chi connectivity index (χ3v) is 6.08. The lowest BCUT2D eigenvalue weighted by molar-refractivity contribution is 0.384. The Labute approximate surface area is 126 Å². The highest BCUT2D eigenvalue weighted by molar-refractivity contribution is 7.89. The van der Waals surface area contributed by atoms with Gasteiger partial charge in [0.2, 0.25) is 10.0 Å². The van der Waals surface area contributed by atoms with Crippen LogP contribution in [0.5, 0.6) is 0 Å². The Morgan fingerprint density at radius 2 is 1.86 bits per heavy atom. The van der Waals surface area contributed by atoms with Crippen LogP contribution in [-0.4, -0.2) is 23.8 Å². The van der Waals surface area contributed by atoms with Gasteiger partial charge in [-0.2, -0.15) is 4.31 Å². The van der Waals surface area contributed by atoms with Crippen molar-refractivity contribution >= 4 is 10.0 Å². The molecule has 21 heavy (non-hydrogen) atoms. The van der Waals surface area contributed by atoms with Crippen molar-refractivity contribution < 1.29 is 8.42 Å². The highest BCUT2D eigenvalue weighted by atomic mass is 32.2. The number of aromatic nitrogens is 1. The summed E-state index contributed by atoms with van der Waals surface area (Å²) in [5.41, 5.74) is 2.12. The van der Waals surface area contributed by atoms with Gasteiger partial charge in [-0.3, -0.25) is 0 Å². The summed E-state index contributed by atoms with van der Waals surface area (Å²) >= 11 is 0. The van der Waals surface area contributed by atoms with Crippen molar-refractivity contribution in [2.24, 2.45) is 7.05 Å². The maximum absolute atomic E-state index is 12.9. The van der Waals surface area contributed by atoms with Gasteiger partial charge in [0.05, 0.1) is 10.9 Å². The summed E-state index contributed by atoms with van der Waals surface area (Å²) in [6, 6.07) is 11.0. The molecule has 0 amide bonds. The predicted octanol–water partition coefficient (Wildman–Crippen LogP) is 2.86. The molecule has 2 heterocycles. The lowest BCUT2D eigenvalue weighted by Crippen LogP contribution is -2.31. The molecule has 3 rings (SSSR count). The van der Waals surface area contributed by atoms with Crippen LogP contribution in [0.15, 0.2) is 47.5 Å². The molecule has 2 aromatic rings. The number of nitrogens with zero attached hydrogens (tertiary/aromatic N) is 2. The molecular weight excluding hydrogens is 284 g/mol. The standard InChI is InChI=1S/C16H20N2O2S/c1-13-7-9-14(10-8-13)21(19,20)18-12-4-6-16(18)15-5-3-11-17(15)2/h3,5,7-11,16H,4,6,12H2,1-2H3/t16-/m1/s1. The van der Waals surface area contributed by atoms with Gasteiger partial charge in [-0.25, -0.2) is 8.42 Å². The summed E-state index contributed by atoms with van der Waals surface area (Å²) in [5, 5.41) is 0. The average molecular weight is 304 g/mol. The fourth-order valence-electron chi connectivity index (χ4n) is 2.99. The van der Waals surface area contributed by atoms with E-state index in [4.69, 9.17) is 0 Å². The van der Waals surface area contributed by atoms with Crippen molar-refractivity contribution in [1.29, 1.82) is 0 Å². The fraction of sp³-hybridized carbons (Fsp3) is 0.375. The first-order valence-corrected chi connectivity index (χ1v) is 8.64. The number of hydrogen-bond acceptors (Lipinski definition) is 2. The highest BCUT2D eigenvalue weighted by Crippen LogP contribution is 2.36. The minimum Gasteiger partial charge on any atom is -0.353 e. The van der Waals surface area contributed by atoms with E-state index in [2.05, 4.69) is 0 Å². The molecule has 1 aliphatic heterocycles. The summed E-state index contributed by atoms with van der Waals surface area (Å²) in [4.78, 5) is 0.384. The predicted molar refractivity (Wildman–Crippen MR) is 82.5 cm³/mol. The van der Waals surface area contributed by atoms with Gasteiger partial charge in [0.15, 0.2) is 0 Å². The van der Waals surface area contributed by atoms with Crippen LogP contribution in [0, 0.1) is 6.92 Å². The second-order valence-corrected chi connectivity index (χ2v) is 7.52. The summed E-state index contributed by atoms with van der Waals surface area (Å²) in [7, 11) is -1.46. The van der Waals surface area contributed by atoms with E-state index in [0.717, 1.165) is 24.1 Å². The minimum absolute atomic E-state index is 0.0590. The van der Waals surface area contributed by atoms with Crippen molar-refractivity contribution in [3.05, 3.63) is 53.9 Å². The summed E-state index contributed by atoms with van der Waals surface area (Å²) in [6.07, 6.45) is 3.74. The quantitative estimate of drug-likeness (QED) is 0.875. The Balaban J connectivity index is 1.98. The van der Waals surface area contributed by atoms with Crippen LogP contribution in [0.1, 0.15) is 30.1 Å². The SMILES string of the molecule is Cc1ccc(S(=O)(=O)N2CCC[C@@H]2c2cccn2C)cc1. The van der Waals surface area contributed by atoms with Gasteiger partial charge in [0.1, 0.15) is 0 Å². The van der Waals surface area contributed by atoms with E-state index >= 15 is 0 Å². The van der Waals surface area contributed by atoms with E-state index in [0.29, 0.717) is 11.4 Å². The fourth-order valence-corrected chi connectivity index (χ4v) is 4.66. The number of benzene rings is 1. The van der Waals surface area contributed by atoms with Crippen molar-refractivity contribution in [2.45, 2.75) is 30.7 Å². The van der Waals surface area contributed by atoms with Gasteiger partial charge in [-0.05, 0) is 44.0 Å². The van der Waals surface area contributed by atoms with E-state index in [1.807, 2.05) is 49.0 Å². The Kier molecular flexibility index (Phi) is 3.63. The summed E-state index contributed by atoms with van der Waals surface area (Å²) < 4.78 is 29.4. The Morgan fingerprint density at radius 1 is 1.14 bits per heavy atom. The first-order valence-electron chi connectivity index (χ1n) is 7.20. The third kappa shape index (κ3) is 2.51. The minimum atomic E-state index is -3.43. The molecule has 1 aromatic carbocycles. The lowest BCUT2D eigenvalue weighted by Gasteiger charge is -2.24. The van der Waals surface area contributed by atoms with Gasteiger partial charge < -0.3 is 4.57 Å². The van der Waals surface area contributed by atoms with Crippen LogP contribution >= 0.6 is 0 Å². The van der Waals surface area contributed by atoms with Crippen LogP contribution in [0.25, 0.3) is 0 Å². The van der Waals surface area contributed by atoms with Crippen LogP contribution in [0.3, 0.4) is 0 Å². The normalized spacial score (nSPS) is 20.0. The molecule has 4 nitrogen and oxygen atoms in total. The van der Waals surface area contributed by atoms with E-state index < -0.39 is 10.0 Å². The molecule has 0 saturated carbocycles. The lowest BCUT2D eigenvalue weighted by atomic mass is 10.1. The number of aryl methyl sites for hydroxylation is 2. The van der Waals surface area contributed by atoms with E-state index in [-0.39, 0.29) is 6.04 Å². The molecule has 0 radical (unpaired) electrons. The monoisotopic (exact) mass is 304 g/mol. The largest absolute Gasteiger partial charge is 0.353 e. The summed E-state index contributed by atoms with van der Waals surface area (Å²) in [5.74, 6) is 0. The van der Waals surface area contributed by atoms with Crippen LogP contribution in [0.2, 0.25) is 0 Å². The molecule has 0 N–H and O–H groups in total. The second kappa shape index (κ2) is 5.31. The molecule has 1 saturated heterocycles. The molecule has 1 aliphatic rings. The number of rotatable bonds is 3. The maximum atomic E-state index is 12.9. The highest BCUT2D eigenvalue weighted by Gasteiger charge is 2.37. The zero-order chi connectivity index (χ0) is 15.0. The molecule has 1 atom stereocenters. The van der Waals surface area contributed by atoms with Gasteiger partial charge in [-0.1, -0.05) is 17.7 Å². The molecule has 0 aliphatic carbocycles. The zero-order valence-corrected chi connectivity index (χ0v) is 13.2. The second-order valence-electron chi connectivity index (χ2n) is 5.63. The van der Waals surface area contributed by atoms with Crippen molar-refractivity contribution in [1.82, 2.24) is 8.87 Å². The van der Waals surface area contributed by atoms with E-state index in [9.17, 15) is 8.42 Å². The molecule has 1 fully saturated rings. The average Bonchev–Trinajstić information content (AvgIpc) is 3.07.